The van der Waals surface area contributed by atoms with Crippen LogP contribution in [0.1, 0.15) is 23.3 Å². The lowest BCUT2D eigenvalue weighted by molar-refractivity contribution is -0.133. The average molecular weight is 312 g/mol. The van der Waals surface area contributed by atoms with Gasteiger partial charge in [0.25, 0.3) is 0 Å². The SMILES string of the molecule is Cc1ccccc1CN1CCN(C(=O)CCc2ccco2)CC1. The van der Waals surface area contributed by atoms with Gasteiger partial charge in [-0.3, -0.25) is 9.69 Å². The normalized spacial score (nSPS) is 15.8. The molecule has 0 saturated carbocycles. The van der Waals surface area contributed by atoms with Gasteiger partial charge in [0.15, 0.2) is 0 Å². The Bertz CT molecular complexity index is 629. The van der Waals surface area contributed by atoms with E-state index in [2.05, 4.69) is 36.1 Å². The van der Waals surface area contributed by atoms with E-state index in [0.717, 1.165) is 38.5 Å². The van der Waals surface area contributed by atoms with Crippen molar-refractivity contribution < 1.29 is 9.21 Å². The molecule has 1 aliphatic rings. The number of rotatable bonds is 5. The number of piperazine rings is 1. The summed E-state index contributed by atoms with van der Waals surface area (Å²) in [5, 5.41) is 0. The first-order valence-electron chi connectivity index (χ1n) is 8.29. The molecule has 0 unspecified atom stereocenters. The van der Waals surface area contributed by atoms with Crippen LogP contribution in [0.4, 0.5) is 0 Å². The molecule has 0 bridgehead atoms. The van der Waals surface area contributed by atoms with E-state index in [9.17, 15) is 4.79 Å². The summed E-state index contributed by atoms with van der Waals surface area (Å²) in [6.45, 7) is 6.66. The van der Waals surface area contributed by atoms with E-state index in [1.165, 1.54) is 11.1 Å². The van der Waals surface area contributed by atoms with Gasteiger partial charge in [0, 0.05) is 45.6 Å². The number of amides is 1. The van der Waals surface area contributed by atoms with Crippen LogP contribution >= 0.6 is 0 Å². The van der Waals surface area contributed by atoms with Crippen LogP contribution in [0.3, 0.4) is 0 Å². The minimum atomic E-state index is 0.233. The molecule has 3 rings (SSSR count). The van der Waals surface area contributed by atoms with Gasteiger partial charge in [0.2, 0.25) is 5.91 Å². The Kier molecular flexibility index (Phi) is 5.13. The zero-order chi connectivity index (χ0) is 16.1. The van der Waals surface area contributed by atoms with Gasteiger partial charge in [-0.25, -0.2) is 0 Å². The van der Waals surface area contributed by atoms with Crippen LogP contribution in [-0.2, 0) is 17.8 Å². The second-order valence-corrected chi connectivity index (χ2v) is 6.16. The first-order chi connectivity index (χ1) is 11.2. The van der Waals surface area contributed by atoms with Crippen LogP contribution in [0.25, 0.3) is 0 Å². The molecule has 1 fully saturated rings. The zero-order valence-electron chi connectivity index (χ0n) is 13.7. The van der Waals surface area contributed by atoms with Crippen molar-refractivity contribution in [1.29, 1.82) is 0 Å². The largest absolute Gasteiger partial charge is 0.469 e. The maximum Gasteiger partial charge on any atom is 0.223 e. The first kappa shape index (κ1) is 15.8. The Morgan fingerprint density at radius 2 is 1.87 bits per heavy atom. The van der Waals surface area contributed by atoms with Gasteiger partial charge >= 0.3 is 0 Å². The molecule has 1 aromatic carbocycles. The van der Waals surface area contributed by atoms with Gasteiger partial charge in [0.1, 0.15) is 5.76 Å². The fourth-order valence-corrected chi connectivity index (χ4v) is 3.03. The van der Waals surface area contributed by atoms with E-state index >= 15 is 0 Å². The number of carbonyl (C=O) groups excluding carboxylic acids is 1. The van der Waals surface area contributed by atoms with Crippen molar-refractivity contribution in [3.05, 3.63) is 59.5 Å². The summed E-state index contributed by atoms with van der Waals surface area (Å²) in [6, 6.07) is 12.3. The molecular weight excluding hydrogens is 288 g/mol. The number of benzene rings is 1. The van der Waals surface area contributed by atoms with Gasteiger partial charge in [-0.15, -0.1) is 0 Å². The summed E-state index contributed by atoms with van der Waals surface area (Å²) < 4.78 is 5.29. The van der Waals surface area contributed by atoms with Crippen molar-refractivity contribution in [2.24, 2.45) is 0 Å². The monoisotopic (exact) mass is 312 g/mol. The summed E-state index contributed by atoms with van der Waals surface area (Å²) >= 11 is 0. The third kappa shape index (κ3) is 4.23. The fourth-order valence-electron chi connectivity index (χ4n) is 3.03. The van der Waals surface area contributed by atoms with Gasteiger partial charge in [-0.05, 0) is 30.2 Å². The van der Waals surface area contributed by atoms with Crippen molar-refractivity contribution in [2.75, 3.05) is 26.2 Å². The lowest BCUT2D eigenvalue weighted by Gasteiger charge is -2.35. The van der Waals surface area contributed by atoms with Crippen LogP contribution in [0.2, 0.25) is 0 Å². The van der Waals surface area contributed by atoms with Crippen molar-refractivity contribution in [3.8, 4) is 0 Å². The predicted octanol–water partition coefficient (Wildman–Crippen LogP) is 2.87. The third-order valence-electron chi connectivity index (χ3n) is 4.55. The molecular formula is C19H24N2O2. The quantitative estimate of drug-likeness (QED) is 0.852. The Morgan fingerprint density at radius 1 is 1.09 bits per heavy atom. The highest BCUT2D eigenvalue weighted by molar-refractivity contribution is 5.76. The van der Waals surface area contributed by atoms with E-state index in [1.54, 1.807) is 6.26 Å². The molecule has 0 N–H and O–H groups in total. The Morgan fingerprint density at radius 3 is 2.57 bits per heavy atom. The predicted molar refractivity (Wildman–Crippen MR) is 90.1 cm³/mol. The highest BCUT2D eigenvalue weighted by Gasteiger charge is 2.21. The smallest absolute Gasteiger partial charge is 0.223 e. The molecule has 1 aliphatic heterocycles. The highest BCUT2D eigenvalue weighted by atomic mass is 16.3. The fraction of sp³-hybridized carbons (Fsp3) is 0.421. The van der Waals surface area contributed by atoms with Gasteiger partial charge in [-0.1, -0.05) is 24.3 Å². The van der Waals surface area contributed by atoms with Gasteiger partial charge < -0.3 is 9.32 Å². The molecule has 2 heterocycles. The first-order valence-corrected chi connectivity index (χ1v) is 8.29. The summed E-state index contributed by atoms with van der Waals surface area (Å²) in [5.74, 6) is 1.12. The molecule has 0 aliphatic carbocycles. The topological polar surface area (TPSA) is 36.7 Å². The number of nitrogens with zero attached hydrogens (tertiary/aromatic N) is 2. The zero-order valence-corrected chi connectivity index (χ0v) is 13.7. The van der Waals surface area contributed by atoms with E-state index in [1.807, 2.05) is 17.0 Å². The minimum absolute atomic E-state index is 0.233. The van der Waals surface area contributed by atoms with Crippen molar-refractivity contribution in [2.45, 2.75) is 26.3 Å². The Balaban J connectivity index is 1.44. The maximum absolute atomic E-state index is 12.3. The van der Waals surface area contributed by atoms with Crippen LogP contribution < -0.4 is 0 Å². The molecule has 1 amide bonds. The molecule has 4 nitrogen and oxygen atoms in total. The van der Waals surface area contributed by atoms with Crippen molar-refractivity contribution in [3.63, 3.8) is 0 Å². The molecule has 2 aromatic rings. The summed E-state index contributed by atoms with van der Waals surface area (Å²) in [4.78, 5) is 16.7. The van der Waals surface area contributed by atoms with E-state index in [-0.39, 0.29) is 5.91 Å². The Labute approximate surface area is 137 Å². The number of aryl methyl sites for hydroxylation is 2. The molecule has 122 valence electrons. The van der Waals surface area contributed by atoms with Crippen LogP contribution in [0.5, 0.6) is 0 Å². The van der Waals surface area contributed by atoms with Gasteiger partial charge in [-0.2, -0.15) is 0 Å². The molecule has 4 heteroatoms. The highest BCUT2D eigenvalue weighted by Crippen LogP contribution is 2.13. The lowest BCUT2D eigenvalue weighted by Crippen LogP contribution is -2.48. The molecule has 23 heavy (non-hydrogen) atoms. The molecule has 1 aromatic heterocycles. The van der Waals surface area contributed by atoms with E-state index in [0.29, 0.717) is 12.8 Å². The maximum atomic E-state index is 12.3. The Hall–Kier alpha value is -2.07. The second kappa shape index (κ2) is 7.47. The van der Waals surface area contributed by atoms with Crippen molar-refractivity contribution >= 4 is 5.91 Å². The standard InChI is InChI=1S/C19H24N2O2/c1-16-5-2-3-6-17(16)15-20-10-12-21(13-11-20)19(22)9-8-18-7-4-14-23-18/h2-7,14H,8-13,15H2,1H3. The molecule has 1 saturated heterocycles. The molecule has 0 radical (unpaired) electrons. The summed E-state index contributed by atoms with van der Waals surface area (Å²) in [7, 11) is 0. The minimum Gasteiger partial charge on any atom is -0.469 e. The summed E-state index contributed by atoms with van der Waals surface area (Å²) in [5.41, 5.74) is 2.72. The number of hydrogen-bond donors (Lipinski definition) is 0. The van der Waals surface area contributed by atoms with Gasteiger partial charge in [0.05, 0.1) is 6.26 Å². The average Bonchev–Trinajstić information content (AvgIpc) is 3.09. The molecule has 0 atom stereocenters. The summed E-state index contributed by atoms with van der Waals surface area (Å²) in [6.07, 6.45) is 2.88. The second-order valence-electron chi connectivity index (χ2n) is 6.16. The van der Waals surface area contributed by atoms with E-state index < -0.39 is 0 Å². The number of furan rings is 1. The van der Waals surface area contributed by atoms with Crippen LogP contribution in [0, 0.1) is 6.92 Å². The van der Waals surface area contributed by atoms with E-state index in [4.69, 9.17) is 4.42 Å². The number of hydrogen-bond acceptors (Lipinski definition) is 3. The van der Waals surface area contributed by atoms with Crippen molar-refractivity contribution in [1.82, 2.24) is 9.80 Å². The third-order valence-corrected chi connectivity index (χ3v) is 4.55. The number of carbonyl (C=O) groups is 1. The van der Waals surface area contributed by atoms with Crippen LogP contribution in [-0.4, -0.2) is 41.9 Å². The lowest BCUT2D eigenvalue weighted by atomic mass is 10.1. The van der Waals surface area contributed by atoms with Crippen LogP contribution in [0.15, 0.2) is 47.1 Å². The molecule has 0 spiro atoms.